The first-order chi connectivity index (χ1) is 16.4. The second kappa shape index (κ2) is 10.9. The molecule has 0 spiro atoms. The third-order valence-corrected chi connectivity index (χ3v) is 6.34. The minimum atomic E-state index is -0.854. The number of nitriles is 1. The highest BCUT2D eigenvalue weighted by molar-refractivity contribution is 7.99. The second-order valence-electron chi connectivity index (χ2n) is 7.11. The van der Waals surface area contributed by atoms with Crippen molar-refractivity contribution in [3.8, 4) is 23.3 Å². The van der Waals surface area contributed by atoms with Crippen LogP contribution in [0.25, 0.3) is 0 Å². The van der Waals surface area contributed by atoms with Gasteiger partial charge in [-0.3, -0.25) is 0 Å². The minimum Gasteiger partial charge on any atom is -0.497 e. The highest BCUT2D eigenvalue weighted by Crippen LogP contribution is 2.49. The molecule has 1 aliphatic heterocycles. The van der Waals surface area contributed by atoms with E-state index in [2.05, 4.69) is 6.07 Å². The minimum absolute atomic E-state index is 0.0705. The van der Waals surface area contributed by atoms with Gasteiger partial charge in [0.05, 0.1) is 44.3 Å². The van der Waals surface area contributed by atoms with E-state index in [1.807, 2.05) is 24.3 Å². The molecular weight excluding hydrogens is 456 g/mol. The van der Waals surface area contributed by atoms with Crippen LogP contribution in [0.15, 0.2) is 69.0 Å². The molecule has 34 heavy (non-hydrogen) atoms. The number of allylic oxidation sites excluding steroid dienone is 2. The van der Waals surface area contributed by atoms with Gasteiger partial charge in [0.25, 0.3) is 0 Å². The molecule has 0 fully saturated rings. The number of hydrogen-bond acceptors (Lipinski definition) is 9. The molecule has 0 bridgehead atoms. The van der Waals surface area contributed by atoms with Crippen molar-refractivity contribution < 1.29 is 28.5 Å². The predicted octanol–water partition coefficient (Wildman–Crippen LogP) is 4.51. The number of nitrogens with zero attached hydrogens (tertiary/aromatic N) is 1. The van der Waals surface area contributed by atoms with Gasteiger partial charge in [0.1, 0.15) is 34.7 Å². The summed E-state index contributed by atoms with van der Waals surface area (Å²) in [6.45, 7) is 3.49. The zero-order valence-electron chi connectivity index (χ0n) is 19.6. The van der Waals surface area contributed by atoms with E-state index in [1.54, 1.807) is 40.2 Å². The van der Waals surface area contributed by atoms with Gasteiger partial charge >= 0.3 is 5.97 Å². The van der Waals surface area contributed by atoms with Crippen LogP contribution in [0.1, 0.15) is 25.3 Å². The van der Waals surface area contributed by atoms with Gasteiger partial charge in [-0.25, -0.2) is 4.79 Å². The van der Waals surface area contributed by atoms with Crippen LogP contribution in [-0.4, -0.2) is 33.9 Å². The standard InChI is InChI=1S/C25H26N2O6S/c1-6-32-25(28)21-14(2)33-24(27)16(13-26)22(21)23-18(31-5)8-7-9-19(23)34-20-12-15(29-3)10-11-17(20)30-4/h7-12,22H,6,27H2,1-5H3. The first-order valence-electron chi connectivity index (χ1n) is 10.4. The zero-order valence-corrected chi connectivity index (χ0v) is 20.4. The van der Waals surface area contributed by atoms with E-state index < -0.39 is 11.9 Å². The fourth-order valence-electron chi connectivity index (χ4n) is 3.70. The molecule has 0 saturated heterocycles. The van der Waals surface area contributed by atoms with Gasteiger partial charge in [0.2, 0.25) is 5.88 Å². The highest BCUT2D eigenvalue weighted by atomic mass is 32.2. The quantitative estimate of drug-likeness (QED) is 0.543. The first-order valence-corrected chi connectivity index (χ1v) is 11.2. The molecule has 0 aromatic heterocycles. The largest absolute Gasteiger partial charge is 0.497 e. The molecular formula is C25H26N2O6S. The van der Waals surface area contributed by atoms with Gasteiger partial charge in [0, 0.05) is 10.5 Å². The van der Waals surface area contributed by atoms with E-state index in [9.17, 15) is 10.1 Å². The van der Waals surface area contributed by atoms with E-state index in [1.165, 1.54) is 18.9 Å². The number of nitrogens with two attached hydrogens (primary N) is 1. The molecule has 2 aromatic carbocycles. The summed E-state index contributed by atoms with van der Waals surface area (Å²) in [5, 5.41) is 9.98. The molecule has 178 valence electrons. The zero-order chi connectivity index (χ0) is 24.8. The molecule has 1 atom stereocenters. The first kappa shape index (κ1) is 24.9. The van der Waals surface area contributed by atoms with Crippen LogP contribution < -0.4 is 19.9 Å². The number of carbonyl (C=O) groups excluding carboxylic acids is 1. The average molecular weight is 483 g/mol. The molecule has 2 N–H and O–H groups in total. The third-order valence-electron chi connectivity index (χ3n) is 5.23. The number of carbonyl (C=O) groups is 1. The van der Waals surface area contributed by atoms with Gasteiger partial charge in [-0.15, -0.1) is 0 Å². The lowest BCUT2D eigenvalue weighted by Crippen LogP contribution is -2.26. The summed E-state index contributed by atoms with van der Waals surface area (Å²) in [6, 6.07) is 13.0. The maximum Gasteiger partial charge on any atom is 0.338 e. The molecule has 1 heterocycles. The summed E-state index contributed by atoms with van der Waals surface area (Å²) >= 11 is 1.39. The molecule has 0 saturated carbocycles. The van der Waals surface area contributed by atoms with Crippen LogP contribution in [0.5, 0.6) is 17.2 Å². The Morgan fingerprint density at radius 3 is 2.47 bits per heavy atom. The summed E-state index contributed by atoms with van der Waals surface area (Å²) in [7, 11) is 4.69. The summed E-state index contributed by atoms with van der Waals surface area (Å²) in [4.78, 5) is 14.5. The molecule has 0 aliphatic carbocycles. The fraction of sp³-hybridized carbons (Fsp3) is 0.280. The number of esters is 1. The van der Waals surface area contributed by atoms with E-state index in [0.29, 0.717) is 22.8 Å². The second-order valence-corrected chi connectivity index (χ2v) is 8.19. The summed E-state index contributed by atoms with van der Waals surface area (Å²) in [5.74, 6) is 0.524. The van der Waals surface area contributed by atoms with Gasteiger partial charge in [0.15, 0.2) is 0 Å². The molecule has 1 aliphatic rings. The highest BCUT2D eigenvalue weighted by Gasteiger charge is 2.39. The molecule has 0 radical (unpaired) electrons. The average Bonchev–Trinajstić information content (AvgIpc) is 2.83. The third kappa shape index (κ3) is 4.77. The van der Waals surface area contributed by atoms with Crippen molar-refractivity contribution in [1.29, 1.82) is 5.26 Å². The Hall–Kier alpha value is -3.77. The van der Waals surface area contributed by atoms with Crippen LogP contribution in [-0.2, 0) is 14.3 Å². The summed E-state index contributed by atoms with van der Waals surface area (Å²) in [5.41, 5.74) is 6.96. The Morgan fingerprint density at radius 2 is 1.85 bits per heavy atom. The van der Waals surface area contributed by atoms with Crippen molar-refractivity contribution >= 4 is 17.7 Å². The van der Waals surface area contributed by atoms with Crippen molar-refractivity contribution in [3.63, 3.8) is 0 Å². The Balaban J connectivity index is 2.27. The van der Waals surface area contributed by atoms with E-state index >= 15 is 0 Å². The van der Waals surface area contributed by atoms with Gasteiger partial charge < -0.3 is 29.4 Å². The Bertz CT molecular complexity index is 1200. The lowest BCUT2D eigenvalue weighted by atomic mass is 9.82. The van der Waals surface area contributed by atoms with E-state index in [0.717, 1.165) is 9.79 Å². The van der Waals surface area contributed by atoms with Crippen LogP contribution in [0, 0.1) is 11.3 Å². The lowest BCUT2D eigenvalue weighted by Gasteiger charge is -2.29. The SMILES string of the molecule is CCOC(=O)C1=C(C)OC(N)=C(C#N)C1c1c(OC)cccc1Sc1cc(OC)ccc1OC. The number of hydrogen-bond donors (Lipinski definition) is 1. The lowest BCUT2D eigenvalue weighted by molar-refractivity contribution is -0.139. The van der Waals surface area contributed by atoms with Crippen LogP contribution >= 0.6 is 11.8 Å². The van der Waals surface area contributed by atoms with Crippen LogP contribution in [0.2, 0.25) is 0 Å². The predicted molar refractivity (Wildman–Crippen MR) is 127 cm³/mol. The molecule has 8 nitrogen and oxygen atoms in total. The fourth-order valence-corrected chi connectivity index (χ4v) is 4.84. The van der Waals surface area contributed by atoms with Gasteiger partial charge in [-0.2, -0.15) is 5.26 Å². The Morgan fingerprint density at radius 1 is 1.12 bits per heavy atom. The molecule has 0 amide bonds. The van der Waals surface area contributed by atoms with Crippen molar-refractivity contribution in [1.82, 2.24) is 0 Å². The number of rotatable bonds is 8. The molecule has 1 unspecified atom stereocenters. The monoisotopic (exact) mass is 482 g/mol. The Kier molecular flexibility index (Phi) is 7.97. The van der Waals surface area contributed by atoms with Gasteiger partial charge in [-0.05, 0) is 44.2 Å². The number of ether oxygens (including phenoxy) is 5. The van der Waals surface area contributed by atoms with Gasteiger partial charge in [-0.1, -0.05) is 17.8 Å². The van der Waals surface area contributed by atoms with Crippen LogP contribution in [0.3, 0.4) is 0 Å². The number of benzene rings is 2. The number of methoxy groups -OCH3 is 3. The maximum atomic E-state index is 13.0. The Labute approximate surface area is 202 Å². The van der Waals surface area contributed by atoms with E-state index in [4.69, 9.17) is 29.4 Å². The van der Waals surface area contributed by atoms with Crippen molar-refractivity contribution in [2.24, 2.45) is 5.73 Å². The molecule has 9 heteroatoms. The maximum absolute atomic E-state index is 13.0. The van der Waals surface area contributed by atoms with E-state index in [-0.39, 0.29) is 29.4 Å². The summed E-state index contributed by atoms with van der Waals surface area (Å²) in [6.07, 6.45) is 0. The molecule has 2 aromatic rings. The smallest absolute Gasteiger partial charge is 0.338 e. The topological polar surface area (TPSA) is 113 Å². The summed E-state index contributed by atoms with van der Waals surface area (Å²) < 4.78 is 27.4. The van der Waals surface area contributed by atoms with Crippen LogP contribution in [0.4, 0.5) is 0 Å². The van der Waals surface area contributed by atoms with Crippen molar-refractivity contribution in [3.05, 3.63) is 64.8 Å². The molecule has 3 rings (SSSR count). The van der Waals surface area contributed by atoms with Crippen molar-refractivity contribution in [2.75, 3.05) is 27.9 Å². The normalized spacial score (nSPS) is 15.4. The van der Waals surface area contributed by atoms with Crippen molar-refractivity contribution in [2.45, 2.75) is 29.6 Å².